The fourth-order valence-electron chi connectivity index (χ4n) is 1.25. The van der Waals surface area contributed by atoms with Crippen LogP contribution in [0, 0.1) is 12.7 Å². The molecule has 88 valence electrons. The van der Waals surface area contributed by atoms with E-state index in [0.29, 0.717) is 11.3 Å². The van der Waals surface area contributed by atoms with Crippen molar-refractivity contribution in [1.29, 1.82) is 0 Å². The Kier molecular flexibility index (Phi) is 4.92. The number of rotatable bonds is 5. The van der Waals surface area contributed by atoms with Crippen LogP contribution in [0.5, 0.6) is 0 Å². The van der Waals surface area contributed by atoms with Gasteiger partial charge in [0.25, 0.3) is 0 Å². The summed E-state index contributed by atoms with van der Waals surface area (Å²) in [4.78, 5) is 11.4. The maximum Gasteiger partial charge on any atom is 0.238 e. The molecule has 0 unspecified atom stereocenters. The average Bonchev–Trinajstić information content (AvgIpc) is 2.24. The third-order valence-corrected chi connectivity index (χ3v) is 2.17. The van der Waals surface area contributed by atoms with Crippen LogP contribution in [0.1, 0.15) is 18.9 Å². The third kappa shape index (κ3) is 3.98. The lowest BCUT2D eigenvalue weighted by Gasteiger charge is -2.06. The summed E-state index contributed by atoms with van der Waals surface area (Å²) in [6.45, 7) is 4.77. The number of halogens is 1. The van der Waals surface area contributed by atoms with Gasteiger partial charge in [-0.1, -0.05) is 13.0 Å². The summed E-state index contributed by atoms with van der Waals surface area (Å²) in [6, 6.07) is 4.66. The van der Waals surface area contributed by atoms with Gasteiger partial charge in [0.2, 0.25) is 5.91 Å². The van der Waals surface area contributed by atoms with E-state index in [1.54, 1.807) is 19.1 Å². The van der Waals surface area contributed by atoms with Crippen LogP contribution in [-0.2, 0) is 4.79 Å². The van der Waals surface area contributed by atoms with Crippen molar-refractivity contribution in [1.82, 2.24) is 5.32 Å². The first-order valence-electron chi connectivity index (χ1n) is 5.40. The molecular formula is C12H17FN2O. The topological polar surface area (TPSA) is 41.1 Å². The van der Waals surface area contributed by atoms with Gasteiger partial charge in [-0.05, 0) is 37.6 Å². The highest BCUT2D eigenvalue weighted by Crippen LogP contribution is 2.13. The van der Waals surface area contributed by atoms with Crippen LogP contribution in [0.25, 0.3) is 0 Å². The van der Waals surface area contributed by atoms with Crippen molar-refractivity contribution in [3.05, 3.63) is 29.6 Å². The number of aryl methyl sites for hydroxylation is 1. The number of amides is 1. The number of hydrogen-bond acceptors (Lipinski definition) is 2. The van der Waals surface area contributed by atoms with E-state index in [0.717, 1.165) is 13.0 Å². The van der Waals surface area contributed by atoms with Crippen molar-refractivity contribution >= 4 is 11.6 Å². The monoisotopic (exact) mass is 224 g/mol. The Morgan fingerprint density at radius 2 is 2.19 bits per heavy atom. The molecular weight excluding hydrogens is 207 g/mol. The second-order valence-corrected chi connectivity index (χ2v) is 3.69. The number of carbonyl (C=O) groups is 1. The van der Waals surface area contributed by atoms with Gasteiger partial charge in [0.15, 0.2) is 0 Å². The summed E-state index contributed by atoms with van der Waals surface area (Å²) in [7, 11) is 0. The molecule has 1 rings (SSSR count). The van der Waals surface area contributed by atoms with E-state index < -0.39 is 0 Å². The first-order chi connectivity index (χ1) is 7.63. The van der Waals surface area contributed by atoms with Crippen molar-refractivity contribution < 1.29 is 9.18 Å². The van der Waals surface area contributed by atoms with Gasteiger partial charge >= 0.3 is 0 Å². The fraction of sp³-hybridized carbons (Fsp3) is 0.417. The zero-order valence-electron chi connectivity index (χ0n) is 9.64. The Balaban J connectivity index is 2.46. The molecule has 2 N–H and O–H groups in total. The van der Waals surface area contributed by atoms with Gasteiger partial charge in [0.1, 0.15) is 5.82 Å². The standard InChI is InChI=1S/C12H17FN2O/c1-3-6-14-8-12(16)15-10-5-4-9(2)11(13)7-10/h4-5,7,14H,3,6,8H2,1-2H3,(H,15,16). The Labute approximate surface area is 95.0 Å². The van der Waals surface area contributed by atoms with Crippen molar-refractivity contribution in [2.75, 3.05) is 18.4 Å². The van der Waals surface area contributed by atoms with Crippen LogP contribution in [0.4, 0.5) is 10.1 Å². The predicted molar refractivity (Wildman–Crippen MR) is 62.9 cm³/mol. The summed E-state index contributed by atoms with van der Waals surface area (Å²) in [5, 5.41) is 5.60. The molecule has 0 fully saturated rings. The Hall–Kier alpha value is -1.42. The minimum atomic E-state index is -0.306. The normalized spacial score (nSPS) is 10.2. The van der Waals surface area contributed by atoms with Crippen molar-refractivity contribution in [2.24, 2.45) is 0 Å². The fourth-order valence-corrected chi connectivity index (χ4v) is 1.25. The smallest absolute Gasteiger partial charge is 0.238 e. The summed E-state index contributed by atoms with van der Waals surface area (Å²) in [6.07, 6.45) is 0.979. The van der Waals surface area contributed by atoms with Crippen molar-refractivity contribution in [3.63, 3.8) is 0 Å². The highest BCUT2D eigenvalue weighted by atomic mass is 19.1. The van der Waals surface area contributed by atoms with Gasteiger partial charge in [-0.15, -0.1) is 0 Å². The molecule has 0 heterocycles. The van der Waals surface area contributed by atoms with Crippen LogP contribution in [0.2, 0.25) is 0 Å². The van der Waals surface area contributed by atoms with E-state index in [1.807, 2.05) is 6.92 Å². The van der Waals surface area contributed by atoms with E-state index in [1.165, 1.54) is 6.07 Å². The Morgan fingerprint density at radius 3 is 2.81 bits per heavy atom. The molecule has 0 radical (unpaired) electrons. The second kappa shape index (κ2) is 6.23. The largest absolute Gasteiger partial charge is 0.325 e. The van der Waals surface area contributed by atoms with E-state index in [2.05, 4.69) is 10.6 Å². The molecule has 4 heteroatoms. The number of carbonyl (C=O) groups excluding carboxylic acids is 1. The first kappa shape index (κ1) is 12.6. The Bertz CT molecular complexity index is 366. The molecule has 0 aliphatic carbocycles. The molecule has 0 spiro atoms. The molecule has 0 saturated heterocycles. The summed E-state index contributed by atoms with van der Waals surface area (Å²) in [5.41, 5.74) is 1.06. The van der Waals surface area contributed by atoms with Gasteiger partial charge in [-0.2, -0.15) is 0 Å². The molecule has 1 aromatic carbocycles. The molecule has 0 aliphatic heterocycles. The van der Waals surface area contributed by atoms with Gasteiger partial charge in [-0.25, -0.2) is 4.39 Å². The summed E-state index contributed by atoms with van der Waals surface area (Å²) >= 11 is 0. The highest BCUT2D eigenvalue weighted by Gasteiger charge is 2.03. The van der Waals surface area contributed by atoms with Crippen LogP contribution < -0.4 is 10.6 Å². The third-order valence-electron chi connectivity index (χ3n) is 2.17. The van der Waals surface area contributed by atoms with Crippen LogP contribution in [0.3, 0.4) is 0 Å². The first-order valence-corrected chi connectivity index (χ1v) is 5.40. The molecule has 1 aromatic rings. The molecule has 3 nitrogen and oxygen atoms in total. The molecule has 1 amide bonds. The van der Waals surface area contributed by atoms with Crippen LogP contribution in [-0.4, -0.2) is 19.0 Å². The Morgan fingerprint density at radius 1 is 1.44 bits per heavy atom. The van der Waals surface area contributed by atoms with Gasteiger partial charge in [0, 0.05) is 5.69 Å². The minimum absolute atomic E-state index is 0.156. The summed E-state index contributed by atoms with van der Waals surface area (Å²) < 4.78 is 13.2. The van der Waals surface area contributed by atoms with Gasteiger partial charge in [-0.3, -0.25) is 4.79 Å². The van der Waals surface area contributed by atoms with Gasteiger partial charge in [0.05, 0.1) is 6.54 Å². The van der Waals surface area contributed by atoms with E-state index >= 15 is 0 Å². The quantitative estimate of drug-likeness (QED) is 0.752. The van der Waals surface area contributed by atoms with Crippen LogP contribution >= 0.6 is 0 Å². The number of hydrogen-bond donors (Lipinski definition) is 2. The van der Waals surface area contributed by atoms with E-state index in [9.17, 15) is 9.18 Å². The number of benzene rings is 1. The van der Waals surface area contributed by atoms with Crippen molar-refractivity contribution in [3.8, 4) is 0 Å². The summed E-state index contributed by atoms with van der Waals surface area (Å²) in [5.74, 6) is -0.462. The minimum Gasteiger partial charge on any atom is -0.325 e. The average molecular weight is 224 g/mol. The van der Waals surface area contributed by atoms with Crippen LogP contribution in [0.15, 0.2) is 18.2 Å². The molecule has 0 aliphatic rings. The maximum atomic E-state index is 13.2. The zero-order chi connectivity index (χ0) is 12.0. The second-order valence-electron chi connectivity index (χ2n) is 3.69. The van der Waals surface area contributed by atoms with E-state index in [4.69, 9.17) is 0 Å². The molecule has 16 heavy (non-hydrogen) atoms. The SMILES string of the molecule is CCCNCC(=O)Nc1ccc(C)c(F)c1. The molecule has 0 bridgehead atoms. The lowest BCUT2D eigenvalue weighted by atomic mass is 10.2. The molecule has 0 saturated carbocycles. The van der Waals surface area contributed by atoms with E-state index in [-0.39, 0.29) is 18.3 Å². The predicted octanol–water partition coefficient (Wildman–Crippen LogP) is 2.07. The highest BCUT2D eigenvalue weighted by molar-refractivity contribution is 5.92. The molecule has 0 atom stereocenters. The zero-order valence-corrected chi connectivity index (χ0v) is 9.64. The number of nitrogens with one attached hydrogen (secondary N) is 2. The lowest BCUT2D eigenvalue weighted by molar-refractivity contribution is -0.115. The van der Waals surface area contributed by atoms with Crippen molar-refractivity contribution in [2.45, 2.75) is 20.3 Å². The molecule has 0 aromatic heterocycles. The lowest BCUT2D eigenvalue weighted by Crippen LogP contribution is -2.28. The number of anilines is 1. The maximum absolute atomic E-state index is 13.2. The van der Waals surface area contributed by atoms with Gasteiger partial charge < -0.3 is 10.6 Å².